The number of unbranched alkanes of at least 4 members (excludes halogenated alkanes) is 11. The van der Waals surface area contributed by atoms with Gasteiger partial charge in [-0.15, -0.1) is 0 Å². The van der Waals surface area contributed by atoms with Crippen LogP contribution in [0.1, 0.15) is 91.8 Å². The quantitative estimate of drug-likeness (QED) is 0.166. The van der Waals surface area contributed by atoms with E-state index in [2.05, 4.69) is 6.92 Å². The van der Waals surface area contributed by atoms with Crippen LogP contribution in [0.3, 0.4) is 0 Å². The molecule has 5 atom stereocenters. The van der Waals surface area contributed by atoms with Gasteiger partial charge in [-0.1, -0.05) is 84.0 Å². The summed E-state index contributed by atoms with van der Waals surface area (Å²) >= 11 is 0. The van der Waals surface area contributed by atoms with Gasteiger partial charge in [0.25, 0.3) is 0 Å². The van der Waals surface area contributed by atoms with E-state index in [1.165, 1.54) is 51.4 Å². The average molecular weight is 420 g/mol. The Morgan fingerprint density at radius 1 is 0.828 bits per heavy atom. The van der Waals surface area contributed by atoms with Gasteiger partial charge in [0.1, 0.15) is 38.2 Å². The molecule has 7 heteroatoms. The SMILES string of the molecule is [2H]C(=O)C(CCCCCCCCCCCCCC)O[C@@H](C=O)[C@@H](O)[C@H](O)[C@H](O)CO. The molecule has 7 nitrogen and oxygen atoms in total. The van der Waals surface area contributed by atoms with Crippen molar-refractivity contribution in [2.24, 2.45) is 0 Å². The Kier molecular flexibility index (Phi) is 17.3. The predicted octanol–water partition coefficient (Wildman–Crippen LogP) is 2.30. The van der Waals surface area contributed by atoms with Crippen LogP contribution in [-0.2, 0) is 14.3 Å². The second kappa shape index (κ2) is 19.1. The van der Waals surface area contributed by atoms with E-state index >= 15 is 0 Å². The Hall–Kier alpha value is -0.860. The first-order chi connectivity index (χ1) is 14.4. The fraction of sp³-hybridized carbons (Fsp3) is 0.909. The normalized spacial score (nSPS) is 17.2. The second-order valence-corrected chi connectivity index (χ2v) is 7.75. The summed E-state index contributed by atoms with van der Waals surface area (Å²) in [4.78, 5) is 22.7. The molecule has 29 heavy (non-hydrogen) atoms. The summed E-state index contributed by atoms with van der Waals surface area (Å²) in [6.45, 7) is 1.41. The van der Waals surface area contributed by atoms with Gasteiger partial charge in [0.2, 0.25) is 0 Å². The van der Waals surface area contributed by atoms with Crippen molar-refractivity contribution in [2.45, 2.75) is 121 Å². The Morgan fingerprint density at radius 3 is 1.72 bits per heavy atom. The molecule has 0 radical (unpaired) electrons. The van der Waals surface area contributed by atoms with Gasteiger partial charge in [-0.25, -0.2) is 0 Å². The van der Waals surface area contributed by atoms with Crippen LogP contribution in [0.2, 0.25) is 0 Å². The van der Waals surface area contributed by atoms with E-state index in [0.29, 0.717) is 6.42 Å². The minimum atomic E-state index is -1.81. The molecule has 0 aromatic heterocycles. The Bertz CT molecular complexity index is 436. The van der Waals surface area contributed by atoms with E-state index in [1.54, 1.807) is 0 Å². The lowest BCUT2D eigenvalue weighted by molar-refractivity contribution is -0.158. The van der Waals surface area contributed by atoms with Crippen LogP contribution in [-0.4, -0.2) is 70.1 Å². The fourth-order valence-electron chi connectivity index (χ4n) is 3.24. The Morgan fingerprint density at radius 2 is 1.31 bits per heavy atom. The number of carbonyl (C=O) groups is 2. The van der Waals surface area contributed by atoms with Crippen molar-refractivity contribution < 1.29 is 36.1 Å². The van der Waals surface area contributed by atoms with E-state index in [-0.39, 0.29) is 12.7 Å². The topological polar surface area (TPSA) is 124 Å². The number of hydrogen-bond acceptors (Lipinski definition) is 7. The van der Waals surface area contributed by atoms with Crippen molar-refractivity contribution in [3.05, 3.63) is 0 Å². The van der Waals surface area contributed by atoms with Crippen LogP contribution in [0.4, 0.5) is 0 Å². The third-order valence-corrected chi connectivity index (χ3v) is 5.17. The van der Waals surface area contributed by atoms with E-state index in [0.717, 1.165) is 19.3 Å². The van der Waals surface area contributed by atoms with E-state index < -0.39 is 43.4 Å². The monoisotopic (exact) mass is 419 g/mol. The van der Waals surface area contributed by atoms with Gasteiger partial charge in [-0.3, -0.25) is 0 Å². The van der Waals surface area contributed by atoms with Crippen molar-refractivity contribution in [3.63, 3.8) is 0 Å². The molecule has 1 unspecified atom stereocenters. The van der Waals surface area contributed by atoms with Gasteiger partial charge < -0.3 is 34.8 Å². The predicted molar refractivity (Wildman–Crippen MR) is 112 cm³/mol. The highest BCUT2D eigenvalue weighted by atomic mass is 16.5. The number of rotatable bonds is 21. The molecule has 0 rings (SSSR count). The van der Waals surface area contributed by atoms with E-state index in [4.69, 9.17) is 11.2 Å². The second-order valence-electron chi connectivity index (χ2n) is 7.75. The maximum absolute atomic E-state index is 11.5. The smallest absolute Gasteiger partial charge is 0.151 e. The average Bonchev–Trinajstić information content (AvgIpc) is 2.74. The minimum Gasteiger partial charge on any atom is -0.394 e. The van der Waals surface area contributed by atoms with Crippen LogP contribution < -0.4 is 0 Å². The number of aliphatic hydroxyl groups excluding tert-OH is 4. The number of aldehydes is 2. The van der Waals surface area contributed by atoms with Crippen LogP contribution in [0, 0.1) is 0 Å². The minimum absolute atomic E-state index is 0.218. The largest absolute Gasteiger partial charge is 0.394 e. The molecular formula is C22H42O7. The lowest BCUT2D eigenvalue weighted by Crippen LogP contribution is -2.48. The van der Waals surface area contributed by atoms with Crippen molar-refractivity contribution in [1.82, 2.24) is 0 Å². The third kappa shape index (κ3) is 13.9. The molecule has 0 aliphatic heterocycles. The van der Waals surface area contributed by atoms with Gasteiger partial charge in [0.05, 0.1) is 6.61 Å². The summed E-state index contributed by atoms with van der Waals surface area (Å²) in [5.41, 5.74) is 0. The Balaban J connectivity index is 4.07. The molecule has 0 heterocycles. The maximum Gasteiger partial charge on any atom is 0.151 e. The first-order valence-corrected chi connectivity index (χ1v) is 11.1. The van der Waals surface area contributed by atoms with Crippen LogP contribution in [0.25, 0.3) is 0 Å². The number of carbonyl (C=O) groups excluding carboxylic acids is 2. The third-order valence-electron chi connectivity index (χ3n) is 5.17. The molecule has 0 fully saturated rings. The van der Waals surface area contributed by atoms with Crippen molar-refractivity contribution in [3.8, 4) is 0 Å². The highest BCUT2D eigenvalue weighted by molar-refractivity contribution is 5.60. The summed E-state index contributed by atoms with van der Waals surface area (Å²) < 4.78 is 12.5. The molecule has 0 spiro atoms. The van der Waals surface area contributed by atoms with Gasteiger partial charge >= 0.3 is 0 Å². The molecular weight excluding hydrogens is 376 g/mol. The molecule has 4 N–H and O–H groups in total. The van der Waals surface area contributed by atoms with Crippen molar-refractivity contribution in [1.29, 1.82) is 0 Å². The fourth-order valence-corrected chi connectivity index (χ4v) is 3.24. The molecule has 0 amide bonds. The molecule has 0 bridgehead atoms. The first kappa shape index (κ1) is 26.2. The molecule has 172 valence electrons. The number of hydrogen-bond donors (Lipinski definition) is 4. The molecule has 0 saturated carbocycles. The van der Waals surface area contributed by atoms with E-state index in [9.17, 15) is 24.9 Å². The lowest BCUT2D eigenvalue weighted by atomic mass is 10.0. The van der Waals surface area contributed by atoms with Crippen LogP contribution in [0.5, 0.6) is 0 Å². The molecule has 0 aliphatic rings. The van der Waals surface area contributed by atoms with E-state index in [1.807, 2.05) is 0 Å². The first-order valence-electron chi connectivity index (χ1n) is 11.6. The molecule has 0 aromatic carbocycles. The van der Waals surface area contributed by atoms with Gasteiger partial charge in [-0.05, 0) is 6.42 Å². The lowest BCUT2D eigenvalue weighted by Gasteiger charge is -2.27. The number of aliphatic hydroxyl groups is 4. The summed E-state index contributed by atoms with van der Waals surface area (Å²) in [5.74, 6) is 0. The maximum atomic E-state index is 11.5. The highest BCUT2D eigenvalue weighted by Crippen LogP contribution is 2.15. The zero-order valence-corrected chi connectivity index (χ0v) is 17.9. The van der Waals surface area contributed by atoms with Gasteiger partial charge in [-0.2, -0.15) is 0 Å². The van der Waals surface area contributed by atoms with Crippen molar-refractivity contribution >= 4 is 12.5 Å². The summed E-state index contributed by atoms with van der Waals surface area (Å²) in [7, 11) is 0. The summed E-state index contributed by atoms with van der Waals surface area (Å²) in [5, 5.41) is 37.8. The number of ether oxygens (including phenoxy) is 1. The van der Waals surface area contributed by atoms with Gasteiger partial charge in [0, 0.05) is 0 Å². The molecule has 0 aliphatic carbocycles. The van der Waals surface area contributed by atoms with Gasteiger partial charge in [0.15, 0.2) is 6.29 Å². The summed E-state index contributed by atoms with van der Waals surface area (Å²) in [6, 6.07) is 0. The Labute approximate surface area is 176 Å². The van der Waals surface area contributed by atoms with Crippen molar-refractivity contribution in [2.75, 3.05) is 6.61 Å². The zero-order valence-electron chi connectivity index (χ0n) is 18.9. The summed E-state index contributed by atoms with van der Waals surface area (Å²) in [6.07, 6.45) is 5.36. The molecule has 0 aromatic rings. The van der Waals surface area contributed by atoms with Crippen LogP contribution in [0.15, 0.2) is 0 Å². The highest BCUT2D eigenvalue weighted by Gasteiger charge is 2.33. The molecule has 0 saturated heterocycles. The zero-order chi connectivity index (χ0) is 22.8. The standard InChI is InChI=1S/C22H42O7/c1-2-3-4-5-6-7-8-9-10-11-12-13-14-18(15-23)29-20(17-25)22(28)21(27)19(26)16-24/h15,17-22,24,26-28H,2-14,16H2,1H3/t18?,19-,20+,21-,22-/m1/s1/i15D. The van der Waals surface area contributed by atoms with Crippen LogP contribution >= 0.6 is 0 Å².